The maximum Gasteiger partial charge on any atom is 0.256 e. The third kappa shape index (κ3) is 4.86. The van der Waals surface area contributed by atoms with Crippen molar-refractivity contribution in [1.82, 2.24) is 9.71 Å². The lowest BCUT2D eigenvalue weighted by molar-refractivity contribution is 0.102. The lowest BCUT2D eigenvalue weighted by atomic mass is 10.2. The fourth-order valence-corrected chi connectivity index (χ4v) is 3.01. The van der Waals surface area contributed by atoms with Gasteiger partial charge in [0.15, 0.2) is 0 Å². The summed E-state index contributed by atoms with van der Waals surface area (Å²) in [6.45, 7) is 0.0380. The number of hydrogen-bond acceptors (Lipinski definition) is 5. The molecule has 0 aliphatic heterocycles. The van der Waals surface area contributed by atoms with E-state index in [0.29, 0.717) is 11.4 Å². The normalized spacial score (nSPS) is 10.8. The number of carbonyl (C=O) groups is 1. The van der Waals surface area contributed by atoms with Crippen LogP contribution in [-0.4, -0.2) is 25.9 Å². The van der Waals surface area contributed by atoms with Gasteiger partial charge in [0.05, 0.1) is 11.0 Å². The summed E-state index contributed by atoms with van der Waals surface area (Å²) < 4.78 is 27.0. The first-order valence-electron chi connectivity index (χ1n) is 6.82. The fraction of sp³-hybridized carbons (Fsp3) is 0.133. The van der Waals surface area contributed by atoms with Gasteiger partial charge in [-0.2, -0.15) is 5.26 Å². The predicted octanol–water partition coefficient (Wildman–Crippen LogP) is 2.29. The molecule has 9 heteroatoms. The van der Waals surface area contributed by atoms with Crippen molar-refractivity contribution in [3.8, 4) is 6.07 Å². The van der Waals surface area contributed by atoms with Crippen LogP contribution in [0.15, 0.2) is 52.0 Å². The van der Waals surface area contributed by atoms with Crippen molar-refractivity contribution in [2.75, 3.05) is 11.9 Å². The monoisotopic (exact) mass is 408 g/mol. The molecule has 0 saturated carbocycles. The van der Waals surface area contributed by atoms with E-state index >= 15 is 0 Å². The van der Waals surface area contributed by atoms with Gasteiger partial charge in [0.1, 0.15) is 5.82 Å². The fourth-order valence-electron chi connectivity index (χ4n) is 1.75. The van der Waals surface area contributed by atoms with Crippen LogP contribution in [-0.2, 0) is 10.0 Å². The highest BCUT2D eigenvalue weighted by molar-refractivity contribution is 9.10. The van der Waals surface area contributed by atoms with Gasteiger partial charge in [-0.25, -0.2) is 18.1 Å². The van der Waals surface area contributed by atoms with Gasteiger partial charge in [0.25, 0.3) is 5.91 Å². The molecule has 1 amide bonds. The number of benzene rings is 1. The average Bonchev–Trinajstić information content (AvgIpc) is 2.57. The zero-order valence-corrected chi connectivity index (χ0v) is 14.8. The Labute approximate surface area is 147 Å². The molecule has 0 radical (unpaired) electrons. The van der Waals surface area contributed by atoms with E-state index in [1.54, 1.807) is 18.3 Å². The standard InChI is InChI=1S/C15H13BrN4O3S/c16-12-4-7-14(18-10-12)20-15(21)11-2-5-13(6-3-11)24(22,23)19-9-1-8-17/h2-7,10,19H,1,9H2,(H,18,20,21). The van der Waals surface area contributed by atoms with Crippen molar-refractivity contribution in [2.45, 2.75) is 11.3 Å². The first-order chi connectivity index (χ1) is 11.4. The Morgan fingerprint density at radius 1 is 1.21 bits per heavy atom. The van der Waals surface area contributed by atoms with E-state index in [4.69, 9.17) is 5.26 Å². The molecule has 24 heavy (non-hydrogen) atoms. The van der Waals surface area contributed by atoms with Crippen molar-refractivity contribution < 1.29 is 13.2 Å². The van der Waals surface area contributed by atoms with E-state index in [1.807, 2.05) is 6.07 Å². The number of amides is 1. The van der Waals surface area contributed by atoms with Crippen LogP contribution in [0.1, 0.15) is 16.8 Å². The number of sulfonamides is 1. The summed E-state index contributed by atoms with van der Waals surface area (Å²) >= 11 is 3.25. The van der Waals surface area contributed by atoms with Crippen LogP contribution in [0.25, 0.3) is 0 Å². The number of aromatic nitrogens is 1. The molecule has 0 fully saturated rings. The smallest absolute Gasteiger partial charge is 0.256 e. The Hall–Kier alpha value is -2.28. The molecule has 124 valence electrons. The van der Waals surface area contributed by atoms with Crippen LogP contribution in [0, 0.1) is 11.3 Å². The molecule has 0 aliphatic rings. The molecule has 0 aliphatic carbocycles. The lowest BCUT2D eigenvalue weighted by Crippen LogP contribution is -2.24. The lowest BCUT2D eigenvalue weighted by Gasteiger charge is -2.07. The average molecular weight is 409 g/mol. The number of nitriles is 1. The molecule has 2 N–H and O–H groups in total. The molecule has 0 spiro atoms. The molecular formula is C15H13BrN4O3S. The molecule has 1 aromatic heterocycles. The Morgan fingerprint density at radius 3 is 2.50 bits per heavy atom. The molecule has 1 heterocycles. The minimum atomic E-state index is -3.69. The maximum absolute atomic E-state index is 12.1. The Bertz CT molecular complexity index is 859. The van der Waals surface area contributed by atoms with Crippen LogP contribution >= 0.6 is 15.9 Å². The van der Waals surface area contributed by atoms with Gasteiger partial charge in [0, 0.05) is 29.2 Å². The molecule has 7 nitrogen and oxygen atoms in total. The number of hydrogen-bond donors (Lipinski definition) is 2. The van der Waals surface area contributed by atoms with Crippen molar-refractivity contribution >= 4 is 37.7 Å². The minimum Gasteiger partial charge on any atom is -0.307 e. The third-order valence-electron chi connectivity index (χ3n) is 2.92. The highest BCUT2D eigenvalue weighted by Gasteiger charge is 2.14. The number of rotatable bonds is 6. The molecule has 0 unspecified atom stereocenters. The van der Waals surface area contributed by atoms with Gasteiger partial charge in [-0.05, 0) is 52.3 Å². The summed E-state index contributed by atoms with van der Waals surface area (Å²) in [6, 6.07) is 10.7. The molecule has 2 aromatic rings. The molecule has 1 aromatic carbocycles. The third-order valence-corrected chi connectivity index (χ3v) is 4.87. The summed E-state index contributed by atoms with van der Waals surface area (Å²) in [5.41, 5.74) is 0.302. The second-order valence-electron chi connectivity index (χ2n) is 4.65. The van der Waals surface area contributed by atoms with Gasteiger partial charge >= 0.3 is 0 Å². The quantitative estimate of drug-likeness (QED) is 0.711. The van der Waals surface area contributed by atoms with Crippen LogP contribution in [0.5, 0.6) is 0 Å². The molecule has 0 bridgehead atoms. The van der Waals surface area contributed by atoms with Crippen LogP contribution in [0.4, 0.5) is 5.82 Å². The summed E-state index contributed by atoms with van der Waals surface area (Å²) in [5.74, 6) is -0.00993. The number of halogens is 1. The van der Waals surface area contributed by atoms with E-state index < -0.39 is 15.9 Å². The van der Waals surface area contributed by atoms with Crippen molar-refractivity contribution in [1.29, 1.82) is 5.26 Å². The topological polar surface area (TPSA) is 112 Å². The highest BCUT2D eigenvalue weighted by atomic mass is 79.9. The summed E-state index contributed by atoms with van der Waals surface area (Å²) in [5, 5.41) is 11.0. The molecular weight excluding hydrogens is 396 g/mol. The van der Waals surface area contributed by atoms with Gasteiger partial charge in [-0.15, -0.1) is 0 Å². The summed E-state index contributed by atoms with van der Waals surface area (Å²) in [4.78, 5) is 16.2. The first kappa shape index (κ1) is 18.1. The SMILES string of the molecule is N#CCCNS(=O)(=O)c1ccc(C(=O)Nc2ccc(Br)cn2)cc1. The van der Waals surface area contributed by atoms with Crippen molar-refractivity contribution in [2.24, 2.45) is 0 Å². The Kier molecular flexibility index (Phi) is 6.03. The zero-order valence-electron chi connectivity index (χ0n) is 12.4. The van der Waals surface area contributed by atoms with E-state index in [2.05, 4.69) is 31.0 Å². The van der Waals surface area contributed by atoms with Crippen LogP contribution < -0.4 is 10.0 Å². The van der Waals surface area contributed by atoms with Gasteiger partial charge < -0.3 is 5.32 Å². The Balaban J connectivity index is 2.07. The van der Waals surface area contributed by atoms with E-state index in [0.717, 1.165) is 4.47 Å². The van der Waals surface area contributed by atoms with Crippen LogP contribution in [0.3, 0.4) is 0 Å². The minimum absolute atomic E-state index is 0.0266. The molecule has 2 rings (SSSR count). The van der Waals surface area contributed by atoms with Gasteiger partial charge in [-0.3, -0.25) is 4.79 Å². The number of pyridine rings is 1. The number of carbonyl (C=O) groups excluding carboxylic acids is 1. The number of anilines is 1. The van der Waals surface area contributed by atoms with E-state index in [1.165, 1.54) is 24.3 Å². The predicted molar refractivity (Wildman–Crippen MR) is 91.8 cm³/mol. The number of nitrogens with zero attached hydrogens (tertiary/aromatic N) is 2. The Morgan fingerprint density at radius 2 is 1.92 bits per heavy atom. The van der Waals surface area contributed by atoms with E-state index in [-0.39, 0.29) is 17.9 Å². The van der Waals surface area contributed by atoms with Gasteiger partial charge in [-0.1, -0.05) is 0 Å². The first-order valence-corrected chi connectivity index (χ1v) is 9.09. The largest absolute Gasteiger partial charge is 0.307 e. The highest BCUT2D eigenvalue weighted by Crippen LogP contribution is 2.14. The second-order valence-corrected chi connectivity index (χ2v) is 7.33. The number of nitrogens with one attached hydrogen (secondary N) is 2. The van der Waals surface area contributed by atoms with Crippen molar-refractivity contribution in [3.05, 3.63) is 52.6 Å². The van der Waals surface area contributed by atoms with Crippen molar-refractivity contribution in [3.63, 3.8) is 0 Å². The molecule has 0 saturated heterocycles. The summed E-state index contributed by atoms with van der Waals surface area (Å²) in [7, 11) is -3.69. The molecule has 0 atom stereocenters. The van der Waals surface area contributed by atoms with Gasteiger partial charge in [0.2, 0.25) is 10.0 Å². The second kappa shape index (κ2) is 8.01. The van der Waals surface area contributed by atoms with Crippen LogP contribution in [0.2, 0.25) is 0 Å². The summed E-state index contributed by atoms with van der Waals surface area (Å²) in [6.07, 6.45) is 1.64. The maximum atomic E-state index is 12.1. The zero-order chi connectivity index (χ0) is 17.6. The van der Waals surface area contributed by atoms with E-state index in [9.17, 15) is 13.2 Å².